The molecule has 1 atom stereocenters. The lowest BCUT2D eigenvalue weighted by atomic mass is 10.0. The normalized spacial score (nSPS) is 12.7. The van der Waals surface area contributed by atoms with Crippen LogP contribution in [0.3, 0.4) is 0 Å². The minimum absolute atomic E-state index is 0.000960. The molecule has 36 heavy (non-hydrogen) atoms. The number of methoxy groups -OCH3 is 1. The maximum atomic E-state index is 13.8. The van der Waals surface area contributed by atoms with Crippen molar-refractivity contribution in [2.45, 2.75) is 32.0 Å². The minimum Gasteiger partial charge on any atom is -0.496 e. The second kappa shape index (κ2) is 10.1. The molecule has 12 heteroatoms. The number of oxazole rings is 1. The summed E-state index contributed by atoms with van der Waals surface area (Å²) >= 11 is 1.15. The molecule has 0 spiro atoms. The van der Waals surface area contributed by atoms with Crippen LogP contribution in [-0.4, -0.2) is 45.5 Å². The van der Waals surface area contributed by atoms with E-state index in [2.05, 4.69) is 4.98 Å². The Morgan fingerprint density at radius 2 is 2.06 bits per heavy atom. The van der Waals surface area contributed by atoms with Crippen LogP contribution in [0, 0.1) is 0 Å². The zero-order valence-corrected chi connectivity index (χ0v) is 20.8. The predicted octanol–water partition coefficient (Wildman–Crippen LogP) is 1.86. The number of hydrogen-bond donors (Lipinski definition) is 2. The van der Waals surface area contributed by atoms with Crippen molar-refractivity contribution in [2.75, 3.05) is 20.3 Å². The Morgan fingerprint density at radius 1 is 1.31 bits per heavy atom. The van der Waals surface area contributed by atoms with Gasteiger partial charge in [0.25, 0.3) is 5.56 Å². The van der Waals surface area contributed by atoms with Gasteiger partial charge in [0.1, 0.15) is 28.5 Å². The number of aromatic nitrogens is 3. The second-order valence-electron chi connectivity index (χ2n) is 8.45. The van der Waals surface area contributed by atoms with Crippen LogP contribution in [0.25, 0.3) is 21.0 Å². The predicted molar refractivity (Wildman–Crippen MR) is 133 cm³/mol. The van der Waals surface area contributed by atoms with Gasteiger partial charge in [-0.25, -0.2) is 14.3 Å². The molecule has 1 amide bonds. The van der Waals surface area contributed by atoms with Crippen LogP contribution in [-0.2, 0) is 21.6 Å². The van der Waals surface area contributed by atoms with E-state index in [1.807, 2.05) is 0 Å². The highest BCUT2D eigenvalue weighted by molar-refractivity contribution is 7.21. The number of nitrogens with zero attached hydrogens (tertiary/aromatic N) is 3. The quantitative estimate of drug-likeness (QED) is 0.325. The van der Waals surface area contributed by atoms with E-state index in [-0.39, 0.29) is 31.0 Å². The van der Waals surface area contributed by atoms with Gasteiger partial charge in [-0.3, -0.25) is 14.2 Å². The van der Waals surface area contributed by atoms with Gasteiger partial charge in [-0.05, 0) is 26.0 Å². The minimum atomic E-state index is -1.61. The molecule has 0 bridgehead atoms. The summed E-state index contributed by atoms with van der Waals surface area (Å²) < 4.78 is 19.0. The van der Waals surface area contributed by atoms with E-state index >= 15 is 0 Å². The molecule has 0 aliphatic heterocycles. The Morgan fingerprint density at radius 3 is 2.69 bits per heavy atom. The van der Waals surface area contributed by atoms with Crippen molar-refractivity contribution < 1.29 is 23.8 Å². The number of benzene rings is 1. The first-order chi connectivity index (χ1) is 17.2. The van der Waals surface area contributed by atoms with E-state index in [4.69, 9.17) is 19.6 Å². The average molecular weight is 515 g/mol. The fourth-order valence-electron chi connectivity index (χ4n) is 3.90. The van der Waals surface area contributed by atoms with Crippen LogP contribution < -0.4 is 21.7 Å². The van der Waals surface area contributed by atoms with Crippen molar-refractivity contribution >= 4 is 27.5 Å². The van der Waals surface area contributed by atoms with Crippen LogP contribution in [0.4, 0.5) is 0 Å². The van der Waals surface area contributed by atoms with Crippen LogP contribution in [0.2, 0.25) is 0 Å². The maximum Gasteiger partial charge on any atom is 0.333 e. The van der Waals surface area contributed by atoms with Crippen molar-refractivity contribution in [3.05, 3.63) is 69.2 Å². The summed E-state index contributed by atoms with van der Waals surface area (Å²) in [5.41, 5.74) is 3.22. The standard InChI is InChI=1S/C24H26N4O7S/c1-24(2,22(25)31)28-20(30)15-12-18(19-26-8-10-35-19)36-21(15)27(23(28)32)13-17(34-11-9-29)14-6-4-5-7-16(14)33-3/h4-8,10,12,17,29H,9,11,13H2,1-3H3,(H2,25,31)/t17-/m0/s1. The van der Waals surface area contributed by atoms with E-state index in [9.17, 15) is 19.5 Å². The van der Waals surface area contributed by atoms with Gasteiger partial charge in [-0.2, -0.15) is 0 Å². The molecule has 11 nitrogen and oxygen atoms in total. The Bertz CT molecular complexity index is 1500. The molecule has 0 unspecified atom stereocenters. The molecule has 3 aromatic heterocycles. The molecule has 3 heterocycles. The number of fused-ring (bicyclic) bond motifs is 1. The van der Waals surface area contributed by atoms with Crippen LogP contribution >= 0.6 is 11.3 Å². The Kier molecular flexibility index (Phi) is 7.11. The van der Waals surface area contributed by atoms with E-state index in [0.717, 1.165) is 15.9 Å². The summed E-state index contributed by atoms with van der Waals surface area (Å²) in [5.74, 6) is -0.0242. The number of aliphatic hydroxyl groups excluding tert-OH is 1. The smallest absolute Gasteiger partial charge is 0.333 e. The number of rotatable bonds is 10. The fraction of sp³-hybridized carbons (Fsp3) is 0.333. The van der Waals surface area contributed by atoms with Gasteiger partial charge in [0.05, 0.1) is 43.3 Å². The van der Waals surface area contributed by atoms with E-state index in [0.29, 0.717) is 21.0 Å². The average Bonchev–Trinajstić information content (AvgIpc) is 3.54. The van der Waals surface area contributed by atoms with Gasteiger partial charge in [0.2, 0.25) is 11.8 Å². The van der Waals surface area contributed by atoms with Crippen LogP contribution in [0.1, 0.15) is 25.5 Å². The molecule has 0 saturated carbocycles. The summed E-state index contributed by atoms with van der Waals surface area (Å²) in [4.78, 5) is 44.5. The zero-order valence-electron chi connectivity index (χ0n) is 20.0. The molecule has 0 aliphatic rings. The van der Waals surface area contributed by atoms with Crippen molar-refractivity contribution in [1.82, 2.24) is 14.1 Å². The van der Waals surface area contributed by atoms with Gasteiger partial charge in [0, 0.05) is 5.56 Å². The van der Waals surface area contributed by atoms with E-state index in [1.54, 1.807) is 30.3 Å². The van der Waals surface area contributed by atoms with Crippen molar-refractivity contribution in [3.63, 3.8) is 0 Å². The fourth-order valence-corrected chi connectivity index (χ4v) is 4.99. The molecular weight excluding hydrogens is 488 g/mol. The van der Waals surface area contributed by atoms with E-state index in [1.165, 1.54) is 38.0 Å². The Hall–Kier alpha value is -3.74. The van der Waals surface area contributed by atoms with Gasteiger partial charge >= 0.3 is 5.69 Å². The Labute approximate surface area is 209 Å². The summed E-state index contributed by atoms with van der Waals surface area (Å²) in [5, 5.41) is 9.60. The number of thiophene rings is 1. The third-order valence-corrected chi connectivity index (χ3v) is 7.01. The molecule has 3 N–H and O–H groups in total. The molecule has 0 aliphatic carbocycles. The van der Waals surface area contributed by atoms with Gasteiger partial charge in [0.15, 0.2) is 0 Å². The van der Waals surface area contributed by atoms with Gasteiger partial charge < -0.3 is 24.7 Å². The number of ether oxygens (including phenoxy) is 2. The van der Waals surface area contributed by atoms with Crippen molar-refractivity contribution in [3.8, 4) is 16.5 Å². The lowest BCUT2D eigenvalue weighted by Crippen LogP contribution is -2.54. The number of carbonyl (C=O) groups is 1. The monoisotopic (exact) mass is 514 g/mol. The molecule has 4 aromatic rings. The third-order valence-electron chi connectivity index (χ3n) is 5.86. The molecule has 190 valence electrons. The lowest BCUT2D eigenvalue weighted by Gasteiger charge is -2.26. The van der Waals surface area contributed by atoms with Gasteiger partial charge in [-0.15, -0.1) is 11.3 Å². The summed E-state index contributed by atoms with van der Waals surface area (Å²) in [6.45, 7) is 2.54. The molecule has 0 radical (unpaired) electrons. The van der Waals surface area contributed by atoms with Crippen LogP contribution in [0.5, 0.6) is 5.75 Å². The topological polar surface area (TPSA) is 152 Å². The number of carbonyl (C=O) groups excluding carboxylic acids is 1. The maximum absolute atomic E-state index is 13.8. The van der Waals surface area contributed by atoms with Crippen molar-refractivity contribution in [1.29, 1.82) is 0 Å². The highest BCUT2D eigenvalue weighted by atomic mass is 32.1. The molecule has 0 fully saturated rings. The first kappa shape index (κ1) is 25.4. The van der Waals surface area contributed by atoms with Crippen molar-refractivity contribution in [2.24, 2.45) is 5.73 Å². The summed E-state index contributed by atoms with van der Waals surface area (Å²) in [6.07, 6.45) is 2.15. The van der Waals surface area contributed by atoms with Gasteiger partial charge in [-0.1, -0.05) is 18.2 Å². The number of aliphatic hydroxyl groups is 1. The third kappa shape index (κ3) is 4.45. The molecule has 4 rings (SSSR count). The second-order valence-corrected chi connectivity index (χ2v) is 9.48. The number of nitrogens with two attached hydrogens (primary N) is 1. The SMILES string of the molecule is COc1ccccc1[C@H](Cn1c(=O)n(C(C)(C)C(N)=O)c(=O)c2cc(-c3ncco3)sc21)OCCO. The molecule has 1 aromatic carbocycles. The number of para-hydroxylation sites is 1. The first-order valence-corrected chi connectivity index (χ1v) is 11.9. The largest absolute Gasteiger partial charge is 0.496 e. The summed E-state index contributed by atoms with van der Waals surface area (Å²) in [7, 11) is 1.52. The zero-order chi connectivity index (χ0) is 26.0. The highest BCUT2D eigenvalue weighted by Gasteiger charge is 2.34. The number of hydrogen-bond acceptors (Lipinski definition) is 9. The molecular formula is C24H26N4O7S. The number of amides is 1. The highest BCUT2D eigenvalue weighted by Crippen LogP contribution is 2.33. The lowest BCUT2D eigenvalue weighted by molar-refractivity contribution is -0.125. The first-order valence-electron chi connectivity index (χ1n) is 11.1. The molecule has 0 saturated heterocycles. The van der Waals surface area contributed by atoms with Crippen LogP contribution in [0.15, 0.2) is 56.8 Å². The van der Waals surface area contributed by atoms with E-state index < -0.39 is 28.8 Å². The Balaban J connectivity index is 1.99. The summed E-state index contributed by atoms with van der Waals surface area (Å²) in [6, 6.07) is 8.72. The number of primary amides is 1.